The summed E-state index contributed by atoms with van der Waals surface area (Å²) in [6.07, 6.45) is 1.85. The third-order valence-corrected chi connectivity index (χ3v) is 3.99. The Labute approximate surface area is 127 Å². The first-order chi connectivity index (χ1) is 9.60. The Morgan fingerprint density at radius 2 is 2.20 bits per heavy atom. The number of benzene rings is 1. The van der Waals surface area contributed by atoms with E-state index in [-0.39, 0.29) is 18.6 Å². The summed E-state index contributed by atoms with van der Waals surface area (Å²) in [6, 6.07) is 8.36. The van der Waals surface area contributed by atoms with Crippen molar-refractivity contribution >= 4 is 15.9 Å². The van der Waals surface area contributed by atoms with E-state index in [1.165, 1.54) is 0 Å². The number of hydrogen-bond acceptors (Lipinski definition) is 3. The van der Waals surface area contributed by atoms with Gasteiger partial charge in [0.05, 0.1) is 18.4 Å². The lowest BCUT2D eigenvalue weighted by Gasteiger charge is -2.18. The van der Waals surface area contributed by atoms with Gasteiger partial charge in [0.15, 0.2) is 0 Å². The van der Waals surface area contributed by atoms with Gasteiger partial charge in [-0.05, 0) is 25.0 Å². The lowest BCUT2D eigenvalue weighted by atomic mass is 10.1. The molecule has 2 unspecified atom stereocenters. The lowest BCUT2D eigenvalue weighted by Crippen LogP contribution is -2.33. The Morgan fingerprint density at radius 1 is 1.40 bits per heavy atom. The molecule has 0 aliphatic carbocycles. The zero-order valence-electron chi connectivity index (χ0n) is 11.7. The van der Waals surface area contributed by atoms with E-state index in [0.29, 0.717) is 6.54 Å². The average Bonchev–Trinajstić information content (AvgIpc) is 2.92. The molecule has 0 fully saturated rings. The molecule has 2 atom stereocenters. The number of aromatic amines is 1. The summed E-state index contributed by atoms with van der Waals surface area (Å²) in [4.78, 5) is 7.70. The average molecular weight is 338 g/mol. The third-order valence-electron chi connectivity index (χ3n) is 3.50. The zero-order valence-corrected chi connectivity index (χ0v) is 13.3. The van der Waals surface area contributed by atoms with Crippen LogP contribution in [0.1, 0.15) is 19.7 Å². The Hall–Kier alpha value is -1.17. The summed E-state index contributed by atoms with van der Waals surface area (Å²) in [5.74, 6) is 1.13. The summed E-state index contributed by atoms with van der Waals surface area (Å²) in [5, 5.41) is 12.5. The van der Waals surface area contributed by atoms with Gasteiger partial charge in [-0.2, -0.15) is 0 Å². The highest BCUT2D eigenvalue weighted by Crippen LogP contribution is 2.21. The monoisotopic (exact) mass is 337 g/mol. The predicted molar refractivity (Wildman–Crippen MR) is 84.3 cm³/mol. The molecule has 0 saturated carbocycles. The van der Waals surface area contributed by atoms with Gasteiger partial charge in [-0.3, -0.25) is 0 Å². The zero-order chi connectivity index (χ0) is 14.5. The van der Waals surface area contributed by atoms with E-state index >= 15 is 0 Å². The second-order valence-electron chi connectivity index (χ2n) is 5.08. The number of halogens is 1. The molecule has 2 aromatic rings. The molecule has 5 heteroatoms. The van der Waals surface area contributed by atoms with E-state index in [0.717, 1.165) is 21.6 Å². The Bertz CT molecular complexity index is 556. The molecule has 1 heterocycles. The maximum Gasteiger partial charge on any atom is 0.120 e. The van der Waals surface area contributed by atoms with Crippen molar-refractivity contribution in [3.05, 3.63) is 40.8 Å². The van der Waals surface area contributed by atoms with Crippen molar-refractivity contribution in [2.75, 3.05) is 6.61 Å². The van der Waals surface area contributed by atoms with Crippen molar-refractivity contribution in [2.45, 2.75) is 26.4 Å². The molecule has 3 N–H and O–H groups in total. The fourth-order valence-electron chi connectivity index (χ4n) is 1.87. The lowest BCUT2D eigenvalue weighted by molar-refractivity contribution is 0.206. The van der Waals surface area contributed by atoms with Gasteiger partial charge in [0.2, 0.25) is 0 Å². The normalized spacial score (nSPS) is 14.2. The van der Waals surface area contributed by atoms with E-state index in [9.17, 15) is 0 Å². The van der Waals surface area contributed by atoms with Crippen molar-refractivity contribution < 1.29 is 5.11 Å². The van der Waals surface area contributed by atoms with Crippen LogP contribution in [0.4, 0.5) is 0 Å². The number of aliphatic hydroxyl groups is 1. The first-order valence-electron chi connectivity index (χ1n) is 6.74. The number of H-pyrrole nitrogens is 1. The van der Waals surface area contributed by atoms with Crippen LogP contribution >= 0.6 is 15.9 Å². The maximum absolute atomic E-state index is 9.11. The minimum atomic E-state index is 0.190. The molecule has 0 spiro atoms. The third kappa shape index (κ3) is 3.91. The van der Waals surface area contributed by atoms with Crippen LogP contribution in [0, 0.1) is 5.92 Å². The largest absolute Gasteiger partial charge is 0.396 e. The standard InChI is InChI=1S/C15H20BrN3O/c1-10(9-20)11(2)17-8-15-18-7-14(19-15)12-4-3-5-13(16)6-12/h3-7,10-11,17,20H,8-9H2,1-2H3,(H,18,19). The van der Waals surface area contributed by atoms with Crippen molar-refractivity contribution in [3.8, 4) is 11.3 Å². The molecule has 1 aromatic heterocycles. The molecule has 0 bridgehead atoms. The van der Waals surface area contributed by atoms with Crippen LogP contribution in [0.25, 0.3) is 11.3 Å². The number of nitrogens with one attached hydrogen (secondary N) is 2. The highest BCUT2D eigenvalue weighted by atomic mass is 79.9. The highest BCUT2D eigenvalue weighted by molar-refractivity contribution is 9.10. The second-order valence-corrected chi connectivity index (χ2v) is 6.00. The first kappa shape index (κ1) is 15.2. The Morgan fingerprint density at radius 3 is 2.90 bits per heavy atom. The molecule has 0 amide bonds. The fraction of sp³-hybridized carbons (Fsp3) is 0.400. The molecule has 1 aromatic carbocycles. The molecule has 4 nitrogen and oxygen atoms in total. The van der Waals surface area contributed by atoms with E-state index in [4.69, 9.17) is 5.11 Å². The SMILES string of the molecule is CC(CO)C(C)NCc1ncc(-c2cccc(Br)c2)[nH]1. The maximum atomic E-state index is 9.11. The summed E-state index contributed by atoms with van der Waals surface area (Å²) in [5.41, 5.74) is 2.11. The Kier molecular flexibility index (Phi) is 5.34. The van der Waals surface area contributed by atoms with Crippen LogP contribution < -0.4 is 5.32 Å². The van der Waals surface area contributed by atoms with Crippen molar-refractivity contribution in [1.82, 2.24) is 15.3 Å². The molecule has 20 heavy (non-hydrogen) atoms. The van der Waals surface area contributed by atoms with Gasteiger partial charge in [-0.15, -0.1) is 0 Å². The number of imidazole rings is 1. The number of nitrogens with zero attached hydrogens (tertiary/aromatic N) is 1. The van der Waals surface area contributed by atoms with E-state index < -0.39 is 0 Å². The van der Waals surface area contributed by atoms with Gasteiger partial charge < -0.3 is 15.4 Å². The van der Waals surface area contributed by atoms with Gasteiger partial charge in [0, 0.05) is 22.7 Å². The minimum absolute atomic E-state index is 0.190. The van der Waals surface area contributed by atoms with Gasteiger partial charge in [0.1, 0.15) is 5.82 Å². The van der Waals surface area contributed by atoms with Crippen LogP contribution in [-0.4, -0.2) is 27.7 Å². The quantitative estimate of drug-likeness (QED) is 0.759. The van der Waals surface area contributed by atoms with Crippen molar-refractivity contribution in [1.29, 1.82) is 0 Å². The fourth-order valence-corrected chi connectivity index (χ4v) is 2.27. The molecule has 0 aliphatic heterocycles. The molecular weight excluding hydrogens is 318 g/mol. The van der Waals surface area contributed by atoms with Gasteiger partial charge in [-0.1, -0.05) is 35.0 Å². The van der Waals surface area contributed by atoms with Crippen LogP contribution in [0.2, 0.25) is 0 Å². The molecule has 0 aliphatic rings. The second kappa shape index (κ2) is 7.02. The summed E-state index contributed by atoms with van der Waals surface area (Å²) in [7, 11) is 0. The summed E-state index contributed by atoms with van der Waals surface area (Å²) >= 11 is 3.47. The minimum Gasteiger partial charge on any atom is -0.396 e. The van der Waals surface area contributed by atoms with E-state index in [1.807, 2.05) is 31.3 Å². The molecule has 0 saturated heterocycles. The molecule has 0 radical (unpaired) electrons. The molecular formula is C15H20BrN3O. The van der Waals surface area contributed by atoms with Crippen molar-refractivity contribution in [3.63, 3.8) is 0 Å². The predicted octanol–water partition coefficient (Wildman–Crippen LogP) is 2.95. The van der Waals surface area contributed by atoms with Gasteiger partial charge in [0.25, 0.3) is 0 Å². The summed E-state index contributed by atoms with van der Waals surface area (Å²) in [6.45, 7) is 4.95. The first-order valence-corrected chi connectivity index (χ1v) is 7.53. The Balaban J connectivity index is 1.99. The van der Waals surface area contributed by atoms with Gasteiger partial charge >= 0.3 is 0 Å². The molecule has 2 rings (SSSR count). The van der Waals surface area contributed by atoms with Crippen LogP contribution in [0.15, 0.2) is 34.9 Å². The van der Waals surface area contributed by atoms with Gasteiger partial charge in [-0.25, -0.2) is 4.98 Å². The number of aliphatic hydroxyl groups excluding tert-OH is 1. The number of rotatable bonds is 6. The topological polar surface area (TPSA) is 60.9 Å². The molecule has 108 valence electrons. The number of hydrogen-bond donors (Lipinski definition) is 3. The van der Waals surface area contributed by atoms with Crippen molar-refractivity contribution in [2.24, 2.45) is 5.92 Å². The number of aromatic nitrogens is 2. The van der Waals surface area contributed by atoms with E-state index in [1.54, 1.807) is 0 Å². The summed E-state index contributed by atoms with van der Waals surface area (Å²) < 4.78 is 1.05. The smallest absolute Gasteiger partial charge is 0.120 e. The van der Waals surface area contributed by atoms with Crippen LogP contribution in [0.5, 0.6) is 0 Å². The highest BCUT2D eigenvalue weighted by Gasteiger charge is 2.11. The van der Waals surface area contributed by atoms with Crippen LogP contribution in [-0.2, 0) is 6.54 Å². The van der Waals surface area contributed by atoms with E-state index in [2.05, 4.69) is 44.2 Å². The van der Waals surface area contributed by atoms with Crippen LogP contribution in [0.3, 0.4) is 0 Å².